The van der Waals surface area contributed by atoms with E-state index < -0.39 is 22.5 Å². The molecule has 2 fully saturated rings. The van der Waals surface area contributed by atoms with Gasteiger partial charge in [0.05, 0.1) is 6.04 Å². The second-order valence-electron chi connectivity index (χ2n) is 4.66. The van der Waals surface area contributed by atoms with Crippen molar-refractivity contribution in [3.8, 4) is 0 Å². The Labute approximate surface area is 147 Å². The molecule has 2 saturated heterocycles. The molecule has 110 valence electrons. The molecular formula is C9H11N4NaO5S2. The number of piperidine rings is 1. The Bertz CT molecular complexity index is 650. The van der Waals surface area contributed by atoms with E-state index in [2.05, 4.69) is 14.5 Å². The number of nitrogens with zero attached hydrogens (tertiary/aromatic N) is 4. The van der Waals surface area contributed by atoms with Crippen LogP contribution in [0.3, 0.4) is 0 Å². The van der Waals surface area contributed by atoms with Crippen molar-refractivity contribution in [3.05, 3.63) is 10.0 Å². The van der Waals surface area contributed by atoms with Crippen molar-refractivity contribution in [2.75, 3.05) is 13.1 Å². The number of hydrogen-bond donors (Lipinski definition) is 0. The molecule has 2 aliphatic heterocycles. The van der Waals surface area contributed by atoms with Crippen molar-refractivity contribution >= 4 is 27.8 Å². The van der Waals surface area contributed by atoms with Crippen LogP contribution in [0.4, 0.5) is 4.79 Å². The normalized spacial score (nSPS) is 25.1. The SMILES string of the molecule is Cc1nnc([C@@H]2CCN3C[C@@H]2N(OS(=O)(=O)[O-])C3=O)s1.[Na+]. The molecule has 21 heavy (non-hydrogen) atoms. The van der Waals surface area contributed by atoms with Gasteiger partial charge in [-0.25, -0.2) is 13.2 Å². The van der Waals surface area contributed by atoms with Crippen LogP contribution in [0.15, 0.2) is 0 Å². The summed E-state index contributed by atoms with van der Waals surface area (Å²) in [6.45, 7) is 2.60. The molecule has 0 aromatic carbocycles. The quantitative estimate of drug-likeness (QED) is 0.323. The van der Waals surface area contributed by atoms with Crippen molar-refractivity contribution in [3.63, 3.8) is 0 Å². The van der Waals surface area contributed by atoms with Crippen LogP contribution in [0.2, 0.25) is 0 Å². The van der Waals surface area contributed by atoms with Crippen molar-refractivity contribution in [2.45, 2.75) is 25.3 Å². The van der Waals surface area contributed by atoms with E-state index >= 15 is 0 Å². The number of rotatable bonds is 3. The van der Waals surface area contributed by atoms with Gasteiger partial charge >= 0.3 is 35.6 Å². The van der Waals surface area contributed by atoms with Crippen LogP contribution in [0, 0.1) is 6.92 Å². The van der Waals surface area contributed by atoms with Crippen LogP contribution < -0.4 is 29.6 Å². The zero-order chi connectivity index (χ0) is 14.5. The number of carbonyl (C=O) groups is 1. The monoisotopic (exact) mass is 342 g/mol. The number of urea groups is 1. The van der Waals surface area contributed by atoms with Gasteiger partial charge in [-0.15, -0.1) is 21.5 Å². The minimum Gasteiger partial charge on any atom is -0.724 e. The fourth-order valence-electron chi connectivity index (χ4n) is 2.56. The first kappa shape index (κ1) is 17.1. The number of hydroxylamine groups is 2. The predicted molar refractivity (Wildman–Crippen MR) is 65.4 cm³/mol. The van der Waals surface area contributed by atoms with Crippen molar-refractivity contribution in [2.24, 2.45) is 0 Å². The summed E-state index contributed by atoms with van der Waals surface area (Å²) in [6.07, 6.45) is 0.629. The molecule has 0 radical (unpaired) electrons. The Morgan fingerprint density at radius 1 is 1.43 bits per heavy atom. The summed E-state index contributed by atoms with van der Waals surface area (Å²) >= 11 is 1.39. The van der Waals surface area contributed by atoms with Crippen molar-refractivity contribution in [1.29, 1.82) is 0 Å². The zero-order valence-corrected chi connectivity index (χ0v) is 15.1. The standard InChI is InChI=1S/C9H12N4O5S2.Na/c1-5-10-11-8(19-5)6-2-3-12-4-7(6)13(9(12)14)18-20(15,16)17;/h6-7H,2-4H2,1H3,(H,15,16,17);/q;+1/p-1/t6-,7+;/m1./s1. The van der Waals surface area contributed by atoms with Gasteiger partial charge in [0.1, 0.15) is 10.0 Å². The van der Waals surface area contributed by atoms with E-state index in [0.29, 0.717) is 24.6 Å². The van der Waals surface area contributed by atoms with E-state index in [1.807, 2.05) is 6.92 Å². The maximum atomic E-state index is 11.9. The number of aryl methyl sites for hydroxylation is 1. The number of amides is 2. The van der Waals surface area contributed by atoms with Gasteiger partial charge in [0, 0.05) is 19.0 Å². The number of fused-ring (bicyclic) bond motifs is 2. The second kappa shape index (κ2) is 6.07. The number of hydrogen-bond acceptors (Lipinski definition) is 8. The first-order valence-corrected chi connectivity index (χ1v) is 8.04. The fraction of sp³-hybridized carbons (Fsp3) is 0.667. The Hall–Kier alpha value is -0.300. The third kappa shape index (κ3) is 3.38. The summed E-state index contributed by atoms with van der Waals surface area (Å²) in [5, 5.41) is 10.1. The average Bonchev–Trinajstić information content (AvgIpc) is 2.88. The molecule has 2 bridgehead atoms. The molecular weight excluding hydrogens is 331 g/mol. The van der Waals surface area contributed by atoms with Gasteiger partial charge in [0.25, 0.3) is 0 Å². The molecule has 0 unspecified atom stereocenters. The molecule has 0 saturated carbocycles. The Morgan fingerprint density at radius 3 is 2.71 bits per heavy atom. The van der Waals surface area contributed by atoms with Gasteiger partial charge in [-0.3, -0.25) is 0 Å². The molecule has 2 atom stereocenters. The maximum absolute atomic E-state index is 11.9. The van der Waals surface area contributed by atoms with Crippen molar-refractivity contribution < 1.29 is 51.6 Å². The van der Waals surface area contributed by atoms with Gasteiger partial charge in [0.15, 0.2) is 0 Å². The molecule has 0 N–H and O–H groups in total. The minimum absolute atomic E-state index is 0. The Kier molecular flexibility index (Phi) is 4.93. The first-order valence-electron chi connectivity index (χ1n) is 5.89. The van der Waals surface area contributed by atoms with Gasteiger partial charge in [0.2, 0.25) is 10.4 Å². The van der Waals surface area contributed by atoms with E-state index in [0.717, 1.165) is 10.0 Å². The van der Waals surface area contributed by atoms with Crippen LogP contribution in [-0.2, 0) is 14.7 Å². The summed E-state index contributed by atoms with van der Waals surface area (Å²) in [6, 6.07) is -1.13. The Morgan fingerprint density at radius 2 is 2.14 bits per heavy atom. The first-order chi connectivity index (χ1) is 9.35. The summed E-state index contributed by atoms with van der Waals surface area (Å²) in [4.78, 5) is 13.4. The molecule has 1 aromatic heterocycles. The summed E-state index contributed by atoms with van der Waals surface area (Å²) in [7, 11) is -4.98. The van der Waals surface area contributed by atoms with E-state index in [9.17, 15) is 17.8 Å². The second-order valence-corrected chi connectivity index (χ2v) is 6.84. The summed E-state index contributed by atoms with van der Waals surface area (Å²) < 4.78 is 36.6. The van der Waals surface area contributed by atoms with E-state index in [4.69, 9.17) is 0 Å². The predicted octanol–water partition coefficient (Wildman–Crippen LogP) is -3.16. The van der Waals surface area contributed by atoms with Crippen LogP contribution in [-0.4, -0.2) is 58.3 Å². The minimum atomic E-state index is -4.98. The molecule has 2 aliphatic rings. The third-order valence-electron chi connectivity index (χ3n) is 3.37. The van der Waals surface area contributed by atoms with Crippen molar-refractivity contribution in [1.82, 2.24) is 20.2 Å². The fourth-order valence-corrected chi connectivity index (χ4v) is 3.82. The number of carbonyl (C=O) groups excluding carboxylic acids is 1. The van der Waals surface area contributed by atoms with Gasteiger partial charge < -0.3 is 9.45 Å². The topological polar surface area (TPSA) is 116 Å². The van der Waals surface area contributed by atoms with E-state index in [1.165, 1.54) is 16.2 Å². The van der Waals surface area contributed by atoms with E-state index in [-0.39, 0.29) is 35.5 Å². The van der Waals surface area contributed by atoms with E-state index in [1.54, 1.807) is 0 Å². The Balaban J connectivity index is 0.00000161. The summed E-state index contributed by atoms with van der Waals surface area (Å²) in [5.74, 6) is -0.175. The van der Waals surface area contributed by atoms with Crippen LogP contribution >= 0.6 is 11.3 Å². The molecule has 0 spiro atoms. The molecule has 3 rings (SSSR count). The maximum Gasteiger partial charge on any atom is 1.00 e. The molecule has 9 nitrogen and oxygen atoms in total. The van der Waals surface area contributed by atoms with Crippen LogP contribution in [0.5, 0.6) is 0 Å². The third-order valence-corrected chi connectivity index (χ3v) is 4.69. The molecule has 0 aliphatic carbocycles. The van der Waals surface area contributed by atoms with Gasteiger partial charge in [-0.1, -0.05) is 0 Å². The number of aromatic nitrogens is 2. The average molecular weight is 342 g/mol. The molecule has 2 amide bonds. The van der Waals surface area contributed by atoms with Gasteiger partial charge in [-0.05, 0) is 13.3 Å². The summed E-state index contributed by atoms with van der Waals surface area (Å²) in [5.41, 5.74) is 0. The zero-order valence-electron chi connectivity index (χ0n) is 11.4. The van der Waals surface area contributed by atoms with Crippen LogP contribution in [0.25, 0.3) is 0 Å². The van der Waals surface area contributed by atoms with Crippen LogP contribution in [0.1, 0.15) is 22.4 Å². The molecule has 3 heterocycles. The molecule has 12 heteroatoms. The molecule has 1 aromatic rings. The largest absolute Gasteiger partial charge is 1.00 e. The van der Waals surface area contributed by atoms with Gasteiger partial charge in [-0.2, -0.15) is 9.35 Å². The smallest absolute Gasteiger partial charge is 0.724 e.